The quantitative estimate of drug-likeness (QED) is 0.500. The molecule has 0 aromatic heterocycles. The molecule has 0 radical (unpaired) electrons. The third-order valence-electron chi connectivity index (χ3n) is 4.48. The van der Waals surface area contributed by atoms with E-state index < -0.39 is 10.0 Å². The van der Waals surface area contributed by atoms with Gasteiger partial charge in [-0.2, -0.15) is 11.8 Å². The Kier molecular flexibility index (Phi) is 9.52. The lowest BCUT2D eigenvalue weighted by Crippen LogP contribution is -2.32. The van der Waals surface area contributed by atoms with E-state index in [-0.39, 0.29) is 18.9 Å². The molecule has 0 saturated carbocycles. The van der Waals surface area contributed by atoms with Crippen molar-refractivity contribution in [2.24, 2.45) is 0 Å². The number of benzene rings is 2. The van der Waals surface area contributed by atoms with Gasteiger partial charge in [0.2, 0.25) is 15.9 Å². The van der Waals surface area contributed by atoms with E-state index in [1.54, 1.807) is 43.1 Å². The van der Waals surface area contributed by atoms with Gasteiger partial charge in [-0.3, -0.25) is 9.10 Å². The minimum Gasteiger partial charge on any atom is -0.497 e. The zero-order chi connectivity index (χ0) is 22.0. The largest absolute Gasteiger partial charge is 0.497 e. The summed E-state index contributed by atoms with van der Waals surface area (Å²) in [6, 6.07) is 15.3. The summed E-state index contributed by atoms with van der Waals surface area (Å²) in [6.45, 7) is 2.92. The Hall–Kier alpha value is -2.19. The van der Waals surface area contributed by atoms with Gasteiger partial charge in [-0.25, -0.2) is 8.42 Å². The average Bonchev–Trinajstić information content (AvgIpc) is 2.71. The topological polar surface area (TPSA) is 75.7 Å². The number of methoxy groups -OCH3 is 1. The molecule has 1 amide bonds. The number of hydrogen-bond donors (Lipinski definition) is 1. The van der Waals surface area contributed by atoms with Crippen molar-refractivity contribution in [3.05, 3.63) is 59.7 Å². The van der Waals surface area contributed by atoms with Crippen LogP contribution in [-0.2, 0) is 20.6 Å². The fraction of sp³-hybridized carbons (Fsp3) is 0.409. The second-order valence-corrected chi connectivity index (χ2v) is 10.0. The summed E-state index contributed by atoms with van der Waals surface area (Å²) in [6.07, 6.45) is 1.90. The van der Waals surface area contributed by atoms with Crippen LogP contribution in [0.2, 0.25) is 0 Å². The van der Waals surface area contributed by atoms with E-state index in [1.807, 2.05) is 0 Å². The first kappa shape index (κ1) is 24.1. The van der Waals surface area contributed by atoms with Gasteiger partial charge in [-0.05, 0) is 43.2 Å². The number of nitrogens with zero attached hydrogens (tertiary/aromatic N) is 1. The van der Waals surface area contributed by atoms with Gasteiger partial charge in [-0.15, -0.1) is 0 Å². The number of carbonyl (C=O) groups excluding carboxylic acids is 1. The first-order chi connectivity index (χ1) is 14.3. The van der Waals surface area contributed by atoms with Crippen LogP contribution < -0.4 is 14.4 Å². The highest BCUT2D eigenvalue weighted by molar-refractivity contribution is 7.98. The monoisotopic (exact) mass is 450 g/mol. The highest BCUT2D eigenvalue weighted by Gasteiger charge is 2.17. The summed E-state index contributed by atoms with van der Waals surface area (Å²) in [5, 5.41) is 2.90. The molecule has 0 aliphatic rings. The van der Waals surface area contributed by atoms with Gasteiger partial charge in [0, 0.05) is 31.0 Å². The Labute approximate surface area is 184 Å². The van der Waals surface area contributed by atoms with Crippen LogP contribution in [0.4, 0.5) is 5.69 Å². The van der Waals surface area contributed by atoms with E-state index in [2.05, 4.69) is 36.5 Å². The number of nitrogens with one attached hydrogen (secondary N) is 1. The Morgan fingerprint density at radius 2 is 1.77 bits per heavy atom. The Balaban J connectivity index is 1.70. The molecule has 164 valence electrons. The molecule has 6 nitrogen and oxygen atoms in total. The highest BCUT2D eigenvalue weighted by Crippen LogP contribution is 2.22. The first-order valence-electron chi connectivity index (χ1n) is 9.81. The number of rotatable bonds is 12. The number of anilines is 1. The van der Waals surface area contributed by atoms with Crippen LogP contribution in [0.25, 0.3) is 0 Å². The summed E-state index contributed by atoms with van der Waals surface area (Å²) in [5.41, 5.74) is 3.08. The average molecular weight is 451 g/mol. The zero-order valence-electron chi connectivity index (χ0n) is 17.8. The molecule has 2 rings (SSSR count). The second kappa shape index (κ2) is 11.9. The standard InChI is InChI=1S/C22H30N2O4S2/c1-18-6-8-19(9-7-18)17-29-16-14-23-22(25)5-4-15-24(30(3,26)27)20-10-12-21(28-2)13-11-20/h6-13H,4-5,14-17H2,1-3H3,(H,23,25). The van der Waals surface area contributed by atoms with E-state index in [0.29, 0.717) is 24.4 Å². The Bertz CT molecular complexity index is 898. The van der Waals surface area contributed by atoms with Gasteiger partial charge in [0.1, 0.15) is 5.75 Å². The molecule has 0 fully saturated rings. The summed E-state index contributed by atoms with van der Waals surface area (Å²) in [4.78, 5) is 12.1. The first-order valence-corrected chi connectivity index (χ1v) is 12.8. The molecule has 8 heteroatoms. The molecule has 30 heavy (non-hydrogen) atoms. The highest BCUT2D eigenvalue weighted by atomic mass is 32.2. The number of carbonyl (C=O) groups is 1. The molecule has 0 heterocycles. The van der Waals surface area contributed by atoms with E-state index >= 15 is 0 Å². The molecule has 0 saturated heterocycles. The number of amides is 1. The van der Waals surface area contributed by atoms with Crippen molar-refractivity contribution < 1.29 is 17.9 Å². The molecule has 2 aromatic rings. The van der Waals surface area contributed by atoms with Gasteiger partial charge >= 0.3 is 0 Å². The van der Waals surface area contributed by atoms with Crippen molar-refractivity contribution in [2.75, 3.05) is 36.5 Å². The summed E-state index contributed by atoms with van der Waals surface area (Å²) >= 11 is 1.77. The van der Waals surface area contributed by atoms with Crippen LogP contribution in [-0.4, -0.2) is 46.5 Å². The lowest BCUT2D eigenvalue weighted by Gasteiger charge is -2.22. The van der Waals surface area contributed by atoms with Crippen LogP contribution in [0.15, 0.2) is 48.5 Å². The number of aryl methyl sites for hydroxylation is 1. The predicted molar refractivity (Wildman–Crippen MR) is 125 cm³/mol. The molecule has 0 aliphatic carbocycles. The molecule has 0 spiro atoms. The van der Waals surface area contributed by atoms with Crippen LogP contribution >= 0.6 is 11.8 Å². The molecule has 0 atom stereocenters. The van der Waals surface area contributed by atoms with Crippen molar-refractivity contribution in [1.82, 2.24) is 5.32 Å². The van der Waals surface area contributed by atoms with Crippen molar-refractivity contribution >= 4 is 33.4 Å². The maximum Gasteiger partial charge on any atom is 0.232 e. The van der Waals surface area contributed by atoms with Crippen LogP contribution in [0.3, 0.4) is 0 Å². The zero-order valence-corrected chi connectivity index (χ0v) is 19.4. The van der Waals surface area contributed by atoms with Crippen LogP contribution in [0, 0.1) is 6.92 Å². The summed E-state index contributed by atoms with van der Waals surface area (Å²) < 4.78 is 30.7. The predicted octanol–water partition coefficient (Wildman–Crippen LogP) is 3.60. The van der Waals surface area contributed by atoms with Crippen molar-refractivity contribution in [1.29, 1.82) is 0 Å². The van der Waals surface area contributed by atoms with Crippen molar-refractivity contribution in [3.63, 3.8) is 0 Å². The lowest BCUT2D eigenvalue weighted by molar-refractivity contribution is -0.121. The van der Waals surface area contributed by atoms with E-state index in [1.165, 1.54) is 21.7 Å². The van der Waals surface area contributed by atoms with Gasteiger partial charge < -0.3 is 10.1 Å². The maximum atomic E-state index is 12.1. The SMILES string of the molecule is COc1ccc(N(CCCC(=O)NCCSCc2ccc(C)cc2)S(C)(=O)=O)cc1. The maximum absolute atomic E-state index is 12.1. The number of hydrogen-bond acceptors (Lipinski definition) is 5. The Morgan fingerprint density at radius 3 is 2.37 bits per heavy atom. The van der Waals surface area contributed by atoms with E-state index in [0.717, 1.165) is 11.5 Å². The molecular formula is C22H30N2O4S2. The smallest absolute Gasteiger partial charge is 0.232 e. The normalized spacial score (nSPS) is 11.2. The summed E-state index contributed by atoms with van der Waals surface area (Å²) in [5.74, 6) is 2.35. The van der Waals surface area contributed by atoms with Gasteiger partial charge in [-0.1, -0.05) is 29.8 Å². The van der Waals surface area contributed by atoms with Gasteiger partial charge in [0.05, 0.1) is 19.1 Å². The number of thioether (sulfide) groups is 1. The minimum absolute atomic E-state index is 0.0610. The third-order valence-corrected chi connectivity index (χ3v) is 6.71. The van der Waals surface area contributed by atoms with Gasteiger partial charge in [0.15, 0.2) is 0 Å². The molecule has 1 N–H and O–H groups in total. The van der Waals surface area contributed by atoms with E-state index in [4.69, 9.17) is 4.74 Å². The molecule has 0 aliphatic heterocycles. The van der Waals surface area contributed by atoms with Crippen LogP contribution in [0.1, 0.15) is 24.0 Å². The van der Waals surface area contributed by atoms with Crippen molar-refractivity contribution in [2.45, 2.75) is 25.5 Å². The Morgan fingerprint density at radius 1 is 1.10 bits per heavy atom. The minimum atomic E-state index is -3.43. The fourth-order valence-corrected chi connectivity index (χ4v) is 4.63. The summed E-state index contributed by atoms with van der Waals surface area (Å²) in [7, 11) is -1.87. The molecular weight excluding hydrogens is 420 g/mol. The van der Waals surface area contributed by atoms with Gasteiger partial charge in [0.25, 0.3) is 0 Å². The van der Waals surface area contributed by atoms with Crippen molar-refractivity contribution in [3.8, 4) is 5.75 Å². The molecule has 0 bridgehead atoms. The lowest BCUT2D eigenvalue weighted by atomic mass is 10.2. The second-order valence-electron chi connectivity index (χ2n) is 7.02. The fourth-order valence-electron chi connectivity index (χ4n) is 2.84. The molecule has 2 aromatic carbocycles. The number of ether oxygens (including phenoxy) is 1. The van der Waals surface area contributed by atoms with E-state index in [9.17, 15) is 13.2 Å². The number of sulfonamides is 1. The third kappa shape index (κ3) is 8.28. The van der Waals surface area contributed by atoms with Crippen LogP contribution in [0.5, 0.6) is 5.75 Å². The molecule has 0 unspecified atom stereocenters.